The molecule has 1 aromatic carbocycles. The lowest BCUT2D eigenvalue weighted by atomic mass is 10.1. The van der Waals surface area contributed by atoms with E-state index >= 15 is 0 Å². The molecule has 0 fully saturated rings. The van der Waals surface area contributed by atoms with Crippen LogP contribution in [0.3, 0.4) is 0 Å². The Morgan fingerprint density at radius 2 is 2.12 bits per heavy atom. The van der Waals surface area contributed by atoms with Crippen LogP contribution in [-0.2, 0) is 4.74 Å². The molecule has 0 saturated heterocycles. The number of carboxylic acid groups (broad SMARTS) is 1. The van der Waals surface area contributed by atoms with Gasteiger partial charge in [0.25, 0.3) is 0 Å². The molecule has 0 heterocycles. The van der Waals surface area contributed by atoms with Crippen LogP contribution in [0.1, 0.15) is 22.8 Å². The second-order valence-corrected chi connectivity index (χ2v) is 3.35. The van der Waals surface area contributed by atoms with Gasteiger partial charge in [-0.05, 0) is 26.0 Å². The molecule has 1 aromatic rings. The smallest absolute Gasteiger partial charge is 0.339 e. The quantitative estimate of drug-likeness (QED) is 0.752. The SMILES string of the molecule is CCOCCOc1ccc(C)cc1C(=O)O. The van der Waals surface area contributed by atoms with E-state index < -0.39 is 5.97 Å². The van der Waals surface area contributed by atoms with Crippen LogP contribution >= 0.6 is 0 Å². The van der Waals surface area contributed by atoms with E-state index in [0.717, 1.165) is 5.56 Å². The molecular weight excluding hydrogens is 208 g/mol. The molecule has 0 unspecified atom stereocenters. The van der Waals surface area contributed by atoms with Gasteiger partial charge < -0.3 is 14.6 Å². The van der Waals surface area contributed by atoms with Crippen molar-refractivity contribution in [2.24, 2.45) is 0 Å². The number of benzene rings is 1. The zero-order chi connectivity index (χ0) is 12.0. The summed E-state index contributed by atoms with van der Waals surface area (Å²) in [5, 5.41) is 8.98. The zero-order valence-electron chi connectivity index (χ0n) is 9.53. The molecule has 0 spiro atoms. The predicted molar refractivity (Wildman–Crippen MR) is 60.1 cm³/mol. The van der Waals surface area contributed by atoms with Gasteiger partial charge in [0.05, 0.1) is 6.61 Å². The minimum Gasteiger partial charge on any atom is -0.490 e. The van der Waals surface area contributed by atoms with Crippen LogP contribution in [0.25, 0.3) is 0 Å². The van der Waals surface area contributed by atoms with Crippen LogP contribution in [0.15, 0.2) is 18.2 Å². The van der Waals surface area contributed by atoms with Crippen molar-refractivity contribution in [1.29, 1.82) is 0 Å². The highest BCUT2D eigenvalue weighted by Crippen LogP contribution is 2.19. The zero-order valence-corrected chi connectivity index (χ0v) is 9.53. The Bertz CT molecular complexity index is 360. The maximum atomic E-state index is 11.0. The Labute approximate surface area is 94.8 Å². The number of hydrogen-bond donors (Lipinski definition) is 1. The van der Waals surface area contributed by atoms with Gasteiger partial charge in [0.2, 0.25) is 0 Å². The van der Waals surface area contributed by atoms with Crippen molar-refractivity contribution < 1.29 is 19.4 Å². The number of ether oxygens (including phenoxy) is 2. The van der Waals surface area contributed by atoms with Crippen LogP contribution in [0.5, 0.6) is 5.75 Å². The summed E-state index contributed by atoms with van der Waals surface area (Å²) < 4.78 is 10.5. The summed E-state index contributed by atoms with van der Waals surface area (Å²) in [6.07, 6.45) is 0. The normalized spacial score (nSPS) is 10.1. The topological polar surface area (TPSA) is 55.8 Å². The maximum Gasteiger partial charge on any atom is 0.339 e. The van der Waals surface area contributed by atoms with Crippen molar-refractivity contribution in [3.8, 4) is 5.75 Å². The molecular formula is C12H16O4. The maximum absolute atomic E-state index is 11.0. The number of aromatic carboxylic acids is 1. The van der Waals surface area contributed by atoms with Gasteiger partial charge in [-0.3, -0.25) is 0 Å². The van der Waals surface area contributed by atoms with E-state index in [1.54, 1.807) is 12.1 Å². The molecule has 0 atom stereocenters. The lowest BCUT2D eigenvalue weighted by Crippen LogP contribution is -2.09. The first-order chi connectivity index (χ1) is 7.65. The first-order valence-electron chi connectivity index (χ1n) is 5.19. The van der Waals surface area contributed by atoms with Crippen molar-refractivity contribution in [1.82, 2.24) is 0 Å². The van der Waals surface area contributed by atoms with Crippen LogP contribution in [0, 0.1) is 6.92 Å². The summed E-state index contributed by atoms with van der Waals surface area (Å²) in [7, 11) is 0. The Balaban J connectivity index is 2.67. The van der Waals surface area contributed by atoms with Gasteiger partial charge in [-0.2, -0.15) is 0 Å². The van der Waals surface area contributed by atoms with Gasteiger partial charge in [-0.15, -0.1) is 0 Å². The summed E-state index contributed by atoms with van der Waals surface area (Å²) in [6, 6.07) is 5.09. The molecule has 16 heavy (non-hydrogen) atoms. The van der Waals surface area contributed by atoms with Crippen molar-refractivity contribution in [2.45, 2.75) is 13.8 Å². The van der Waals surface area contributed by atoms with Gasteiger partial charge in [-0.25, -0.2) is 4.79 Å². The minimum atomic E-state index is -0.977. The van der Waals surface area contributed by atoms with Crippen LogP contribution < -0.4 is 4.74 Å². The molecule has 0 aliphatic rings. The Hall–Kier alpha value is -1.55. The number of aryl methyl sites for hydroxylation is 1. The van der Waals surface area contributed by atoms with E-state index in [4.69, 9.17) is 14.6 Å². The molecule has 0 amide bonds. The average Bonchev–Trinajstić information content (AvgIpc) is 2.26. The van der Waals surface area contributed by atoms with E-state index in [1.807, 2.05) is 19.9 Å². The number of rotatable bonds is 6. The third-order valence-electron chi connectivity index (χ3n) is 2.05. The van der Waals surface area contributed by atoms with Gasteiger partial charge in [-0.1, -0.05) is 11.6 Å². The highest BCUT2D eigenvalue weighted by molar-refractivity contribution is 5.91. The molecule has 1 N–H and O–H groups in total. The van der Waals surface area contributed by atoms with Crippen LogP contribution in [0.4, 0.5) is 0 Å². The number of hydrogen-bond acceptors (Lipinski definition) is 3. The van der Waals surface area contributed by atoms with Gasteiger partial charge in [0.15, 0.2) is 0 Å². The summed E-state index contributed by atoms with van der Waals surface area (Å²) in [5.74, 6) is -0.590. The van der Waals surface area contributed by atoms with E-state index in [9.17, 15) is 4.79 Å². The summed E-state index contributed by atoms with van der Waals surface area (Å²) in [4.78, 5) is 11.0. The van der Waals surface area contributed by atoms with Crippen LogP contribution in [0.2, 0.25) is 0 Å². The second-order valence-electron chi connectivity index (χ2n) is 3.35. The number of carboxylic acids is 1. The second kappa shape index (κ2) is 6.12. The first kappa shape index (κ1) is 12.5. The van der Waals surface area contributed by atoms with Gasteiger partial charge in [0.1, 0.15) is 17.9 Å². The van der Waals surface area contributed by atoms with Crippen molar-refractivity contribution in [3.63, 3.8) is 0 Å². The van der Waals surface area contributed by atoms with E-state index in [2.05, 4.69) is 0 Å². The monoisotopic (exact) mass is 224 g/mol. The summed E-state index contributed by atoms with van der Waals surface area (Å²) >= 11 is 0. The van der Waals surface area contributed by atoms with Crippen molar-refractivity contribution in [2.75, 3.05) is 19.8 Å². The minimum absolute atomic E-state index is 0.191. The molecule has 4 nitrogen and oxygen atoms in total. The Morgan fingerprint density at radius 3 is 2.75 bits per heavy atom. The molecule has 0 aliphatic heterocycles. The van der Waals surface area contributed by atoms with Crippen molar-refractivity contribution >= 4 is 5.97 Å². The molecule has 0 aromatic heterocycles. The lowest BCUT2D eigenvalue weighted by Gasteiger charge is -2.09. The van der Waals surface area contributed by atoms with E-state index in [-0.39, 0.29) is 5.56 Å². The highest BCUT2D eigenvalue weighted by atomic mass is 16.5. The number of carbonyl (C=O) groups is 1. The average molecular weight is 224 g/mol. The fourth-order valence-electron chi connectivity index (χ4n) is 1.29. The summed E-state index contributed by atoms with van der Waals surface area (Å²) in [6.45, 7) is 5.19. The highest BCUT2D eigenvalue weighted by Gasteiger charge is 2.10. The largest absolute Gasteiger partial charge is 0.490 e. The van der Waals surface area contributed by atoms with Crippen molar-refractivity contribution in [3.05, 3.63) is 29.3 Å². The Morgan fingerprint density at radius 1 is 1.38 bits per heavy atom. The van der Waals surface area contributed by atoms with Crippen LogP contribution in [-0.4, -0.2) is 30.9 Å². The molecule has 0 bridgehead atoms. The third-order valence-corrected chi connectivity index (χ3v) is 2.05. The predicted octanol–water partition coefficient (Wildman–Crippen LogP) is 2.11. The molecule has 0 radical (unpaired) electrons. The molecule has 0 saturated carbocycles. The molecule has 4 heteroatoms. The first-order valence-corrected chi connectivity index (χ1v) is 5.19. The molecule has 88 valence electrons. The van der Waals surface area contributed by atoms with Gasteiger partial charge in [0, 0.05) is 6.61 Å². The lowest BCUT2D eigenvalue weighted by molar-refractivity contribution is 0.0686. The third kappa shape index (κ3) is 3.55. The van der Waals surface area contributed by atoms with E-state index in [1.165, 1.54) is 0 Å². The van der Waals surface area contributed by atoms with Gasteiger partial charge >= 0.3 is 5.97 Å². The standard InChI is InChI=1S/C12H16O4/c1-3-15-6-7-16-11-5-4-9(2)8-10(11)12(13)14/h4-5,8H,3,6-7H2,1-2H3,(H,13,14). The summed E-state index contributed by atoms with van der Waals surface area (Å²) in [5.41, 5.74) is 1.09. The molecule has 0 aliphatic carbocycles. The fraction of sp³-hybridized carbons (Fsp3) is 0.417. The fourth-order valence-corrected chi connectivity index (χ4v) is 1.29. The molecule has 1 rings (SSSR count). The van der Waals surface area contributed by atoms with E-state index in [0.29, 0.717) is 25.6 Å². The Kier molecular flexibility index (Phi) is 4.79.